The van der Waals surface area contributed by atoms with Crippen molar-refractivity contribution in [3.8, 4) is 0 Å². The largest absolute Gasteiger partial charge is 0.478 e. The number of carbonyl (C=O) groups is 5. The Balaban J connectivity index is 1.71. The third-order valence-electron chi connectivity index (χ3n) is 5.36. The van der Waals surface area contributed by atoms with Gasteiger partial charge in [0.2, 0.25) is 11.8 Å². The minimum absolute atomic E-state index is 0.00404. The van der Waals surface area contributed by atoms with Gasteiger partial charge in [-0.15, -0.1) is 0 Å². The molecule has 0 spiro atoms. The molecule has 3 heterocycles. The van der Waals surface area contributed by atoms with Gasteiger partial charge in [0.15, 0.2) is 5.60 Å². The van der Waals surface area contributed by atoms with Gasteiger partial charge in [-0.1, -0.05) is 6.08 Å². The van der Waals surface area contributed by atoms with Crippen molar-refractivity contribution < 1.29 is 43.3 Å². The van der Waals surface area contributed by atoms with Crippen LogP contribution >= 0.6 is 0 Å². The Morgan fingerprint density at radius 1 is 1.07 bits per heavy atom. The molecule has 2 bridgehead atoms. The number of imide groups is 1. The summed E-state index contributed by atoms with van der Waals surface area (Å²) in [5.74, 6) is -5.77. The fraction of sp³-hybridized carbons (Fsp3) is 0.350. The molecule has 1 N–H and O–H groups in total. The SMILES string of the molecule is CC(=O)OC(OC(C)=O)[C@@]12C=C[C@@H](O1)[C@H]1C(=O)N(c3ccc(C(=O)O)cc3)C(=O)[C@@H]12. The second-order valence-corrected chi connectivity index (χ2v) is 7.21. The van der Waals surface area contributed by atoms with E-state index < -0.39 is 59.6 Å². The third kappa shape index (κ3) is 2.79. The van der Waals surface area contributed by atoms with Crippen molar-refractivity contribution in [2.45, 2.75) is 31.8 Å². The maximum absolute atomic E-state index is 13.3. The number of hydrogen-bond acceptors (Lipinski definition) is 8. The Bertz CT molecular complexity index is 982. The van der Waals surface area contributed by atoms with Crippen molar-refractivity contribution in [2.24, 2.45) is 11.8 Å². The Kier molecular flexibility index (Phi) is 4.46. The zero-order valence-corrected chi connectivity index (χ0v) is 15.9. The first-order valence-electron chi connectivity index (χ1n) is 9.08. The van der Waals surface area contributed by atoms with Gasteiger partial charge in [-0.05, 0) is 30.3 Å². The Labute approximate surface area is 170 Å². The van der Waals surface area contributed by atoms with Crippen LogP contribution in [0, 0.1) is 11.8 Å². The predicted octanol–water partition coefficient (Wildman–Crippen LogP) is 0.650. The van der Waals surface area contributed by atoms with Crippen LogP contribution in [0.25, 0.3) is 0 Å². The molecule has 156 valence electrons. The van der Waals surface area contributed by atoms with E-state index in [4.69, 9.17) is 19.3 Å². The fourth-order valence-corrected chi connectivity index (χ4v) is 4.22. The van der Waals surface area contributed by atoms with Crippen LogP contribution in [0.2, 0.25) is 0 Å². The molecule has 2 fully saturated rings. The van der Waals surface area contributed by atoms with E-state index in [0.29, 0.717) is 0 Å². The first-order chi connectivity index (χ1) is 14.2. The highest BCUT2D eigenvalue weighted by atomic mass is 16.7. The molecular formula is C20H17NO9. The minimum atomic E-state index is -1.63. The van der Waals surface area contributed by atoms with Crippen LogP contribution in [0.4, 0.5) is 5.69 Å². The summed E-state index contributed by atoms with van der Waals surface area (Å²) in [7, 11) is 0. The lowest BCUT2D eigenvalue weighted by Gasteiger charge is -2.34. The monoisotopic (exact) mass is 415 g/mol. The van der Waals surface area contributed by atoms with Crippen LogP contribution in [0.5, 0.6) is 0 Å². The van der Waals surface area contributed by atoms with E-state index in [1.54, 1.807) is 6.08 Å². The Morgan fingerprint density at radius 3 is 2.20 bits per heavy atom. The highest BCUT2D eigenvalue weighted by molar-refractivity contribution is 6.23. The van der Waals surface area contributed by atoms with E-state index in [1.807, 2.05) is 0 Å². The first kappa shape index (κ1) is 19.8. The van der Waals surface area contributed by atoms with E-state index in [1.165, 1.54) is 30.3 Å². The van der Waals surface area contributed by atoms with E-state index in [-0.39, 0.29) is 11.3 Å². The molecule has 10 nitrogen and oxygen atoms in total. The number of hydrogen-bond donors (Lipinski definition) is 1. The van der Waals surface area contributed by atoms with Gasteiger partial charge in [-0.3, -0.25) is 19.2 Å². The van der Waals surface area contributed by atoms with Crippen molar-refractivity contribution in [3.05, 3.63) is 42.0 Å². The van der Waals surface area contributed by atoms with Crippen molar-refractivity contribution >= 4 is 35.4 Å². The highest BCUT2D eigenvalue weighted by Gasteiger charge is 2.72. The average Bonchev–Trinajstić information content (AvgIpc) is 3.32. The summed E-state index contributed by atoms with van der Waals surface area (Å²) in [5, 5.41) is 9.04. The molecule has 10 heteroatoms. The normalized spacial score (nSPS) is 28.8. The molecule has 30 heavy (non-hydrogen) atoms. The van der Waals surface area contributed by atoms with E-state index in [9.17, 15) is 24.0 Å². The van der Waals surface area contributed by atoms with Gasteiger partial charge in [0.1, 0.15) is 0 Å². The second-order valence-electron chi connectivity index (χ2n) is 7.21. The molecular weight excluding hydrogens is 398 g/mol. The minimum Gasteiger partial charge on any atom is -0.478 e. The van der Waals surface area contributed by atoms with Gasteiger partial charge in [0, 0.05) is 13.8 Å². The van der Waals surface area contributed by atoms with E-state index in [2.05, 4.69) is 0 Å². The summed E-state index contributed by atoms with van der Waals surface area (Å²) in [6.07, 6.45) is 0.749. The van der Waals surface area contributed by atoms with Gasteiger partial charge in [-0.2, -0.15) is 0 Å². The third-order valence-corrected chi connectivity index (χ3v) is 5.36. The number of aromatic carboxylic acids is 1. The quantitative estimate of drug-likeness (QED) is 0.318. The zero-order chi connectivity index (χ0) is 21.8. The standard InChI is InChI=1S/C20H17NO9/c1-9(22)28-19(29-10(2)23)20-8-7-13(30-20)14-15(20)17(25)21(16(14)24)12-5-3-11(4-6-12)18(26)27/h3-8,13-15,19H,1-2H3,(H,26,27)/t13-,14-,15-,20+/m1/s1. The fourth-order valence-electron chi connectivity index (χ4n) is 4.22. The molecule has 0 saturated carbocycles. The van der Waals surface area contributed by atoms with Crippen molar-refractivity contribution in [1.29, 1.82) is 0 Å². The van der Waals surface area contributed by atoms with Gasteiger partial charge in [-0.25, -0.2) is 9.69 Å². The molecule has 3 aliphatic heterocycles. The maximum atomic E-state index is 13.3. The number of nitrogens with zero attached hydrogens (tertiary/aromatic N) is 1. The second kappa shape index (κ2) is 6.77. The summed E-state index contributed by atoms with van der Waals surface area (Å²) >= 11 is 0. The number of amides is 2. The van der Waals surface area contributed by atoms with Crippen molar-refractivity contribution in [2.75, 3.05) is 4.90 Å². The zero-order valence-electron chi connectivity index (χ0n) is 15.9. The number of rotatable bonds is 5. The topological polar surface area (TPSA) is 137 Å². The maximum Gasteiger partial charge on any atom is 0.335 e. The lowest BCUT2D eigenvalue weighted by Crippen LogP contribution is -2.52. The molecule has 0 unspecified atom stereocenters. The Hall–Kier alpha value is -3.53. The molecule has 1 aromatic carbocycles. The van der Waals surface area contributed by atoms with Gasteiger partial charge >= 0.3 is 17.9 Å². The van der Waals surface area contributed by atoms with Crippen LogP contribution in [0.3, 0.4) is 0 Å². The molecule has 2 amide bonds. The van der Waals surface area contributed by atoms with Crippen molar-refractivity contribution in [3.63, 3.8) is 0 Å². The average molecular weight is 415 g/mol. The lowest BCUT2D eigenvalue weighted by molar-refractivity contribution is -0.226. The van der Waals surface area contributed by atoms with E-state index in [0.717, 1.165) is 18.7 Å². The lowest BCUT2D eigenvalue weighted by atomic mass is 9.76. The van der Waals surface area contributed by atoms with Crippen LogP contribution in [0.1, 0.15) is 24.2 Å². The molecule has 3 aliphatic rings. The van der Waals surface area contributed by atoms with Gasteiger partial charge in [0.05, 0.1) is 29.2 Å². The number of benzene rings is 1. The number of anilines is 1. The van der Waals surface area contributed by atoms with Gasteiger partial charge in [0.25, 0.3) is 6.29 Å². The van der Waals surface area contributed by atoms with E-state index >= 15 is 0 Å². The molecule has 2 saturated heterocycles. The summed E-state index contributed by atoms with van der Waals surface area (Å²) < 4.78 is 16.1. The summed E-state index contributed by atoms with van der Waals surface area (Å²) in [5.41, 5.74) is -1.42. The first-order valence-corrected chi connectivity index (χ1v) is 9.08. The summed E-state index contributed by atoms with van der Waals surface area (Å²) in [6, 6.07) is 5.29. The number of esters is 2. The molecule has 4 atom stereocenters. The van der Waals surface area contributed by atoms with Crippen LogP contribution < -0.4 is 4.90 Å². The molecule has 0 aromatic heterocycles. The predicted molar refractivity (Wildman–Crippen MR) is 96.9 cm³/mol. The Morgan fingerprint density at radius 2 is 1.67 bits per heavy atom. The summed E-state index contributed by atoms with van der Waals surface area (Å²) in [6.45, 7) is 2.24. The number of carboxylic acids is 1. The number of carboxylic acid groups (broad SMARTS) is 1. The molecule has 0 aliphatic carbocycles. The number of ether oxygens (including phenoxy) is 3. The van der Waals surface area contributed by atoms with Gasteiger partial charge < -0.3 is 19.3 Å². The molecule has 4 rings (SSSR count). The number of fused-ring (bicyclic) bond motifs is 5. The summed E-state index contributed by atoms with van der Waals surface area (Å²) in [4.78, 5) is 61.5. The van der Waals surface area contributed by atoms with Crippen LogP contribution in [-0.4, -0.2) is 52.8 Å². The number of carbonyl (C=O) groups excluding carboxylic acids is 4. The van der Waals surface area contributed by atoms with Crippen molar-refractivity contribution in [1.82, 2.24) is 0 Å². The molecule has 0 radical (unpaired) electrons. The molecule has 1 aromatic rings. The smallest absolute Gasteiger partial charge is 0.335 e. The highest BCUT2D eigenvalue weighted by Crippen LogP contribution is 2.54. The van der Waals surface area contributed by atoms with Crippen LogP contribution in [0.15, 0.2) is 36.4 Å². The van der Waals surface area contributed by atoms with Crippen LogP contribution in [-0.2, 0) is 33.4 Å².